The van der Waals surface area contributed by atoms with E-state index in [1.165, 1.54) is 12.1 Å². The fourth-order valence-electron chi connectivity index (χ4n) is 1.92. The number of hydrogen-bond donors (Lipinski definition) is 4. The lowest BCUT2D eigenvalue weighted by Gasteiger charge is -2.15. The molecule has 6 N–H and O–H groups in total. The molecule has 6 heteroatoms. The van der Waals surface area contributed by atoms with E-state index < -0.39 is 17.8 Å². The van der Waals surface area contributed by atoms with Crippen LogP contribution in [-0.2, 0) is 0 Å². The first-order chi connectivity index (χ1) is 9.97. The Balaban J connectivity index is 2.09. The molecule has 2 aromatic carbocycles. The van der Waals surface area contributed by atoms with Gasteiger partial charge in [0, 0.05) is 17.9 Å². The summed E-state index contributed by atoms with van der Waals surface area (Å²) in [6.07, 6.45) is -0.795. The molecule has 0 bridgehead atoms. The van der Waals surface area contributed by atoms with E-state index in [4.69, 9.17) is 11.5 Å². The Morgan fingerprint density at radius 1 is 1.24 bits per heavy atom. The fourth-order valence-corrected chi connectivity index (χ4v) is 1.92. The van der Waals surface area contributed by atoms with Crippen LogP contribution in [0.4, 0.5) is 15.8 Å². The van der Waals surface area contributed by atoms with E-state index in [0.717, 1.165) is 6.07 Å². The number of halogens is 1. The van der Waals surface area contributed by atoms with E-state index in [-0.39, 0.29) is 12.1 Å². The Labute approximate surface area is 121 Å². The average Bonchev–Trinajstić information content (AvgIpc) is 2.46. The summed E-state index contributed by atoms with van der Waals surface area (Å²) in [7, 11) is 0. The molecule has 1 amide bonds. The van der Waals surface area contributed by atoms with Crippen molar-refractivity contribution < 1.29 is 14.3 Å². The molecule has 0 heterocycles. The number of aliphatic hydroxyl groups is 1. The van der Waals surface area contributed by atoms with E-state index in [0.29, 0.717) is 16.9 Å². The normalized spacial score (nSPS) is 11.9. The molecule has 0 saturated heterocycles. The number of amides is 1. The van der Waals surface area contributed by atoms with Crippen LogP contribution in [-0.4, -0.2) is 17.6 Å². The Bertz CT molecular complexity index is 644. The van der Waals surface area contributed by atoms with E-state index in [1.54, 1.807) is 24.3 Å². The maximum atomic E-state index is 13.1. The fraction of sp³-hybridized carbons (Fsp3) is 0.133. The van der Waals surface area contributed by atoms with Crippen molar-refractivity contribution in [3.8, 4) is 0 Å². The molecule has 5 nitrogen and oxygen atoms in total. The highest BCUT2D eigenvalue weighted by Crippen LogP contribution is 2.19. The van der Waals surface area contributed by atoms with Crippen molar-refractivity contribution in [1.82, 2.24) is 0 Å². The molecule has 0 spiro atoms. The molecule has 0 aliphatic rings. The maximum Gasteiger partial charge on any atom is 0.250 e. The molecule has 0 saturated carbocycles. The lowest BCUT2D eigenvalue weighted by atomic mass is 10.1. The molecular formula is C15H16FN3O2. The Morgan fingerprint density at radius 2 is 1.90 bits per heavy atom. The highest BCUT2D eigenvalue weighted by molar-refractivity contribution is 5.98. The summed E-state index contributed by atoms with van der Waals surface area (Å²) in [5.74, 6) is -1.28. The van der Waals surface area contributed by atoms with Crippen LogP contribution in [0.25, 0.3) is 0 Å². The number of rotatable bonds is 5. The minimum Gasteiger partial charge on any atom is -0.399 e. The summed E-state index contributed by atoms with van der Waals surface area (Å²) in [6.45, 7) is 0.149. The van der Waals surface area contributed by atoms with Crippen LogP contribution in [0.3, 0.4) is 0 Å². The molecule has 1 unspecified atom stereocenters. The van der Waals surface area contributed by atoms with Crippen LogP contribution in [0.5, 0.6) is 0 Å². The van der Waals surface area contributed by atoms with Gasteiger partial charge in [-0.15, -0.1) is 0 Å². The van der Waals surface area contributed by atoms with Crippen molar-refractivity contribution >= 4 is 17.3 Å². The number of nitrogens with one attached hydrogen (secondary N) is 1. The monoisotopic (exact) mass is 289 g/mol. The number of benzene rings is 2. The number of nitrogen functional groups attached to an aromatic ring is 1. The Hall–Kier alpha value is -2.60. The molecule has 0 radical (unpaired) electrons. The van der Waals surface area contributed by atoms with Crippen LogP contribution < -0.4 is 16.8 Å². The molecule has 0 aromatic heterocycles. The Kier molecular flexibility index (Phi) is 4.39. The molecular weight excluding hydrogens is 273 g/mol. The van der Waals surface area contributed by atoms with E-state index >= 15 is 0 Å². The maximum absolute atomic E-state index is 13.1. The first-order valence-electron chi connectivity index (χ1n) is 6.34. The summed E-state index contributed by atoms with van der Waals surface area (Å²) in [6, 6.07) is 10.5. The van der Waals surface area contributed by atoms with Crippen LogP contribution in [0.15, 0.2) is 42.5 Å². The van der Waals surface area contributed by atoms with Crippen molar-refractivity contribution in [1.29, 1.82) is 0 Å². The third kappa shape index (κ3) is 3.70. The molecule has 2 aromatic rings. The van der Waals surface area contributed by atoms with Gasteiger partial charge in [-0.25, -0.2) is 4.39 Å². The summed E-state index contributed by atoms with van der Waals surface area (Å²) in [4.78, 5) is 11.3. The van der Waals surface area contributed by atoms with Gasteiger partial charge in [0.25, 0.3) is 5.91 Å². The molecule has 0 aliphatic heterocycles. The first kappa shape index (κ1) is 14.8. The lowest BCUT2D eigenvalue weighted by molar-refractivity contribution is 0.100. The third-order valence-corrected chi connectivity index (χ3v) is 3.05. The summed E-state index contributed by atoms with van der Waals surface area (Å²) >= 11 is 0. The average molecular weight is 289 g/mol. The van der Waals surface area contributed by atoms with Gasteiger partial charge in [0.1, 0.15) is 5.82 Å². The van der Waals surface area contributed by atoms with Crippen molar-refractivity contribution in [2.45, 2.75) is 6.10 Å². The minimum absolute atomic E-state index is 0.0412. The topological polar surface area (TPSA) is 101 Å². The summed E-state index contributed by atoms with van der Waals surface area (Å²) < 4.78 is 13.1. The number of aliphatic hydroxyl groups excluding tert-OH is 1. The van der Waals surface area contributed by atoms with E-state index in [1.807, 2.05) is 0 Å². The van der Waals surface area contributed by atoms with Crippen molar-refractivity contribution in [3.63, 3.8) is 0 Å². The lowest BCUT2D eigenvalue weighted by Crippen LogP contribution is -2.18. The molecule has 0 fully saturated rings. The number of primary amides is 1. The number of nitrogens with two attached hydrogens (primary N) is 2. The van der Waals surface area contributed by atoms with E-state index in [2.05, 4.69) is 5.32 Å². The van der Waals surface area contributed by atoms with Gasteiger partial charge in [-0.3, -0.25) is 4.79 Å². The van der Waals surface area contributed by atoms with Crippen molar-refractivity contribution in [3.05, 3.63) is 59.4 Å². The number of anilines is 2. The highest BCUT2D eigenvalue weighted by Gasteiger charge is 2.12. The third-order valence-electron chi connectivity index (χ3n) is 3.05. The van der Waals surface area contributed by atoms with Crippen LogP contribution in [0.2, 0.25) is 0 Å². The molecule has 1 atom stereocenters. The van der Waals surface area contributed by atoms with Crippen molar-refractivity contribution in [2.24, 2.45) is 5.73 Å². The number of hydrogen-bond acceptors (Lipinski definition) is 4. The molecule has 0 aliphatic carbocycles. The quantitative estimate of drug-likeness (QED) is 0.629. The molecule has 21 heavy (non-hydrogen) atoms. The van der Waals surface area contributed by atoms with Crippen LogP contribution in [0, 0.1) is 5.82 Å². The zero-order valence-electron chi connectivity index (χ0n) is 11.2. The van der Waals surface area contributed by atoms with Gasteiger partial charge in [0.05, 0.1) is 11.7 Å². The predicted octanol–water partition coefficient (Wildman–Crippen LogP) is 1.65. The molecule has 110 valence electrons. The van der Waals surface area contributed by atoms with Gasteiger partial charge in [0.2, 0.25) is 0 Å². The van der Waals surface area contributed by atoms with E-state index in [9.17, 15) is 14.3 Å². The smallest absolute Gasteiger partial charge is 0.250 e. The molecule has 2 rings (SSSR count). The predicted molar refractivity (Wildman–Crippen MR) is 79.2 cm³/mol. The second-order valence-electron chi connectivity index (χ2n) is 4.62. The van der Waals surface area contributed by atoms with Gasteiger partial charge in [-0.1, -0.05) is 12.1 Å². The second-order valence-corrected chi connectivity index (χ2v) is 4.62. The van der Waals surface area contributed by atoms with Crippen LogP contribution >= 0.6 is 0 Å². The standard InChI is InChI=1S/C15H16FN3O2/c16-10-3-6-13(12(7-10)15(18)21)19-8-14(20)9-1-4-11(17)5-2-9/h1-7,14,19-20H,8,17H2,(H2,18,21). The van der Waals surface area contributed by atoms with Crippen molar-refractivity contribution in [2.75, 3.05) is 17.6 Å². The first-order valence-corrected chi connectivity index (χ1v) is 6.34. The zero-order valence-corrected chi connectivity index (χ0v) is 11.2. The second kappa shape index (κ2) is 6.23. The summed E-state index contributed by atoms with van der Waals surface area (Å²) in [5.41, 5.74) is 12.5. The largest absolute Gasteiger partial charge is 0.399 e. The van der Waals surface area contributed by atoms with Gasteiger partial charge in [-0.2, -0.15) is 0 Å². The minimum atomic E-state index is -0.795. The van der Waals surface area contributed by atoms with Gasteiger partial charge >= 0.3 is 0 Å². The highest BCUT2D eigenvalue weighted by atomic mass is 19.1. The van der Waals surface area contributed by atoms with Gasteiger partial charge < -0.3 is 21.9 Å². The number of carbonyl (C=O) groups excluding carboxylic acids is 1. The van der Waals surface area contributed by atoms with Gasteiger partial charge in [0.15, 0.2) is 0 Å². The van der Waals surface area contributed by atoms with Crippen LogP contribution in [0.1, 0.15) is 22.0 Å². The number of carbonyl (C=O) groups is 1. The van der Waals surface area contributed by atoms with Gasteiger partial charge in [-0.05, 0) is 35.9 Å². The summed E-state index contributed by atoms with van der Waals surface area (Å²) in [5, 5.41) is 12.9. The SMILES string of the molecule is NC(=O)c1cc(F)ccc1NCC(O)c1ccc(N)cc1. The zero-order chi connectivity index (χ0) is 15.4. The Morgan fingerprint density at radius 3 is 2.52 bits per heavy atom.